The topological polar surface area (TPSA) is 46.9 Å². The van der Waals surface area contributed by atoms with Gasteiger partial charge in [0.25, 0.3) is 5.91 Å². The molecule has 1 aromatic carbocycles. The Bertz CT molecular complexity index is 973. The standard InChI is InChI=1S/C23H29N3O3S/c1-24-20-8-15-30-22(20)16-21(24)23(27)26(10-3-9-25-11-13-29-14-12-25)17-18-4-6-19(28-2)7-5-18/h4-8,15-16H,3,9-14,17H2,1-2H3. The molecule has 1 aliphatic heterocycles. The lowest BCUT2D eigenvalue weighted by atomic mass is 10.2. The van der Waals surface area contributed by atoms with E-state index in [1.807, 2.05) is 46.8 Å². The van der Waals surface area contributed by atoms with E-state index in [0.29, 0.717) is 6.54 Å². The van der Waals surface area contributed by atoms with E-state index in [0.717, 1.165) is 73.0 Å². The summed E-state index contributed by atoms with van der Waals surface area (Å²) in [4.78, 5) is 17.9. The average Bonchev–Trinajstić information content (AvgIpc) is 3.37. The Hall–Kier alpha value is -2.35. The fourth-order valence-electron chi connectivity index (χ4n) is 3.93. The van der Waals surface area contributed by atoms with Crippen molar-refractivity contribution in [2.24, 2.45) is 7.05 Å². The number of benzene rings is 1. The normalized spacial score (nSPS) is 14.9. The number of ether oxygens (including phenoxy) is 2. The van der Waals surface area contributed by atoms with Gasteiger partial charge in [-0.25, -0.2) is 0 Å². The summed E-state index contributed by atoms with van der Waals surface area (Å²) < 4.78 is 13.9. The van der Waals surface area contributed by atoms with Gasteiger partial charge in [-0.3, -0.25) is 9.69 Å². The molecular weight excluding hydrogens is 398 g/mol. The van der Waals surface area contributed by atoms with Crippen molar-refractivity contribution < 1.29 is 14.3 Å². The number of thiophene rings is 1. The first-order valence-corrected chi connectivity index (χ1v) is 11.3. The van der Waals surface area contributed by atoms with E-state index in [4.69, 9.17) is 9.47 Å². The summed E-state index contributed by atoms with van der Waals surface area (Å²) in [5, 5.41) is 2.07. The maximum atomic E-state index is 13.5. The second-order valence-corrected chi connectivity index (χ2v) is 8.59. The molecule has 4 rings (SSSR count). The lowest BCUT2D eigenvalue weighted by Crippen LogP contribution is -2.39. The summed E-state index contributed by atoms with van der Waals surface area (Å²) in [7, 11) is 3.64. The third-order valence-corrected chi connectivity index (χ3v) is 6.56. The Morgan fingerprint density at radius 3 is 2.67 bits per heavy atom. The minimum atomic E-state index is 0.0821. The average molecular weight is 428 g/mol. The van der Waals surface area contributed by atoms with Crippen LogP contribution in [0.1, 0.15) is 22.5 Å². The molecule has 0 atom stereocenters. The lowest BCUT2D eigenvalue weighted by molar-refractivity contribution is 0.0355. The van der Waals surface area contributed by atoms with Crippen molar-refractivity contribution in [3.05, 3.63) is 53.0 Å². The zero-order valence-electron chi connectivity index (χ0n) is 17.7. The van der Waals surface area contributed by atoms with Gasteiger partial charge in [0.15, 0.2) is 0 Å². The number of hydrogen-bond donors (Lipinski definition) is 0. The molecule has 0 radical (unpaired) electrons. The molecule has 1 aliphatic rings. The molecule has 6 nitrogen and oxygen atoms in total. The largest absolute Gasteiger partial charge is 0.497 e. The number of fused-ring (bicyclic) bond motifs is 1. The van der Waals surface area contributed by atoms with Gasteiger partial charge in [-0.15, -0.1) is 11.3 Å². The van der Waals surface area contributed by atoms with Gasteiger partial charge in [0.1, 0.15) is 11.4 Å². The number of carbonyl (C=O) groups excluding carboxylic acids is 1. The maximum absolute atomic E-state index is 13.5. The minimum absolute atomic E-state index is 0.0821. The summed E-state index contributed by atoms with van der Waals surface area (Å²) in [5.41, 5.74) is 2.96. The Balaban J connectivity index is 1.49. The van der Waals surface area contributed by atoms with Crippen LogP contribution in [0.25, 0.3) is 10.2 Å². The van der Waals surface area contributed by atoms with Crippen LogP contribution in [0.15, 0.2) is 41.8 Å². The number of methoxy groups -OCH3 is 1. The Morgan fingerprint density at radius 1 is 1.20 bits per heavy atom. The number of rotatable bonds is 8. The first kappa shape index (κ1) is 20.9. The highest BCUT2D eigenvalue weighted by atomic mass is 32.1. The van der Waals surface area contributed by atoms with Crippen LogP contribution in [0, 0.1) is 0 Å². The first-order chi connectivity index (χ1) is 14.7. The van der Waals surface area contributed by atoms with E-state index in [2.05, 4.69) is 16.3 Å². The zero-order chi connectivity index (χ0) is 20.9. The zero-order valence-corrected chi connectivity index (χ0v) is 18.5. The van der Waals surface area contributed by atoms with Crippen molar-refractivity contribution in [2.45, 2.75) is 13.0 Å². The molecule has 3 aromatic rings. The maximum Gasteiger partial charge on any atom is 0.270 e. The van der Waals surface area contributed by atoms with Gasteiger partial charge in [0, 0.05) is 39.8 Å². The third-order valence-electron chi connectivity index (χ3n) is 5.71. The van der Waals surface area contributed by atoms with Gasteiger partial charge < -0.3 is 18.9 Å². The molecule has 0 spiro atoms. The fourth-order valence-corrected chi connectivity index (χ4v) is 4.78. The molecule has 0 bridgehead atoms. The predicted molar refractivity (Wildman–Crippen MR) is 120 cm³/mol. The Kier molecular flexibility index (Phi) is 6.72. The second-order valence-electron chi connectivity index (χ2n) is 7.64. The molecule has 1 saturated heterocycles. The van der Waals surface area contributed by atoms with Crippen LogP contribution in [0.3, 0.4) is 0 Å². The Morgan fingerprint density at radius 2 is 1.97 bits per heavy atom. The number of aromatic nitrogens is 1. The number of nitrogens with zero attached hydrogens (tertiary/aromatic N) is 3. The van der Waals surface area contributed by atoms with Crippen LogP contribution in [-0.4, -0.2) is 66.8 Å². The summed E-state index contributed by atoms with van der Waals surface area (Å²) >= 11 is 1.67. The van der Waals surface area contributed by atoms with Crippen LogP contribution in [0.2, 0.25) is 0 Å². The predicted octanol–water partition coefficient (Wildman–Crippen LogP) is 3.61. The molecular formula is C23H29N3O3S. The smallest absolute Gasteiger partial charge is 0.270 e. The molecule has 7 heteroatoms. The molecule has 1 fully saturated rings. The quantitative estimate of drug-likeness (QED) is 0.551. The van der Waals surface area contributed by atoms with Crippen LogP contribution in [-0.2, 0) is 18.3 Å². The van der Waals surface area contributed by atoms with E-state index in [1.54, 1.807) is 18.4 Å². The molecule has 2 aromatic heterocycles. The van der Waals surface area contributed by atoms with Gasteiger partial charge in [0.2, 0.25) is 0 Å². The van der Waals surface area contributed by atoms with Gasteiger partial charge >= 0.3 is 0 Å². The van der Waals surface area contributed by atoms with Gasteiger partial charge in [-0.1, -0.05) is 12.1 Å². The van der Waals surface area contributed by atoms with Crippen molar-refractivity contribution in [1.82, 2.24) is 14.4 Å². The van der Waals surface area contributed by atoms with Gasteiger partial charge in [0.05, 0.1) is 30.5 Å². The molecule has 0 saturated carbocycles. The number of aryl methyl sites for hydroxylation is 1. The molecule has 0 unspecified atom stereocenters. The highest BCUT2D eigenvalue weighted by molar-refractivity contribution is 7.17. The number of morpholine rings is 1. The Labute approximate surface area is 181 Å². The molecule has 0 N–H and O–H groups in total. The van der Waals surface area contributed by atoms with Crippen molar-refractivity contribution >= 4 is 27.5 Å². The number of hydrogen-bond acceptors (Lipinski definition) is 5. The third kappa shape index (κ3) is 4.69. The van der Waals surface area contributed by atoms with Crippen molar-refractivity contribution in [3.8, 4) is 5.75 Å². The van der Waals surface area contributed by atoms with E-state index in [-0.39, 0.29) is 5.91 Å². The molecule has 1 amide bonds. The van der Waals surface area contributed by atoms with E-state index in [1.165, 1.54) is 0 Å². The minimum Gasteiger partial charge on any atom is -0.497 e. The van der Waals surface area contributed by atoms with Crippen LogP contribution >= 0.6 is 11.3 Å². The van der Waals surface area contributed by atoms with Crippen molar-refractivity contribution in [3.63, 3.8) is 0 Å². The molecule has 160 valence electrons. The van der Waals surface area contributed by atoms with Gasteiger partial charge in [-0.2, -0.15) is 0 Å². The van der Waals surface area contributed by atoms with Crippen LogP contribution < -0.4 is 4.74 Å². The van der Waals surface area contributed by atoms with Crippen LogP contribution in [0.5, 0.6) is 5.75 Å². The first-order valence-electron chi connectivity index (χ1n) is 10.4. The number of carbonyl (C=O) groups is 1. The lowest BCUT2D eigenvalue weighted by Gasteiger charge is -2.28. The number of amides is 1. The molecule has 30 heavy (non-hydrogen) atoms. The summed E-state index contributed by atoms with van der Waals surface area (Å²) in [5.74, 6) is 0.908. The molecule has 3 heterocycles. The fraction of sp³-hybridized carbons (Fsp3) is 0.435. The van der Waals surface area contributed by atoms with E-state index in [9.17, 15) is 4.79 Å². The van der Waals surface area contributed by atoms with Crippen LogP contribution in [0.4, 0.5) is 0 Å². The SMILES string of the molecule is COc1ccc(CN(CCCN2CCOCC2)C(=O)c2cc3sccc3n2C)cc1. The highest BCUT2D eigenvalue weighted by Gasteiger charge is 2.21. The second kappa shape index (κ2) is 9.64. The monoisotopic (exact) mass is 427 g/mol. The van der Waals surface area contributed by atoms with Crippen molar-refractivity contribution in [1.29, 1.82) is 0 Å². The molecule has 0 aliphatic carbocycles. The van der Waals surface area contributed by atoms with Crippen molar-refractivity contribution in [2.75, 3.05) is 46.5 Å². The summed E-state index contributed by atoms with van der Waals surface area (Å²) in [6, 6.07) is 12.1. The summed E-state index contributed by atoms with van der Waals surface area (Å²) in [6.07, 6.45) is 0.945. The highest BCUT2D eigenvalue weighted by Crippen LogP contribution is 2.25. The van der Waals surface area contributed by atoms with E-state index < -0.39 is 0 Å². The summed E-state index contributed by atoms with van der Waals surface area (Å²) in [6.45, 7) is 5.84. The van der Waals surface area contributed by atoms with E-state index >= 15 is 0 Å². The van der Waals surface area contributed by atoms with Gasteiger partial charge in [-0.05, 0) is 41.6 Å².